The summed E-state index contributed by atoms with van der Waals surface area (Å²) in [5, 5.41) is 17.3. The van der Waals surface area contributed by atoms with E-state index in [1.54, 1.807) is 24.3 Å². The Kier molecular flexibility index (Phi) is 3.82. The maximum absolute atomic E-state index is 12.3. The number of sulfonamides is 1. The smallest absolute Gasteiger partial charge is 0.244 e. The summed E-state index contributed by atoms with van der Waals surface area (Å²) in [4.78, 5) is 0.0854. The Bertz CT molecular complexity index is 654. The van der Waals surface area contributed by atoms with Crippen molar-refractivity contribution in [3.8, 4) is 12.1 Å². The van der Waals surface area contributed by atoms with Crippen LogP contribution in [0.25, 0.3) is 0 Å². The number of rotatable bonds is 4. The van der Waals surface area contributed by atoms with Crippen LogP contribution in [0.3, 0.4) is 0 Å². The van der Waals surface area contributed by atoms with Crippen molar-refractivity contribution in [2.75, 3.05) is 13.1 Å². The second-order valence-corrected chi connectivity index (χ2v) is 5.95. The van der Waals surface area contributed by atoms with Crippen LogP contribution < -0.4 is 0 Å². The highest BCUT2D eigenvalue weighted by Gasteiger charge is 2.25. The molecule has 0 amide bonds. The lowest BCUT2D eigenvalue weighted by Crippen LogP contribution is -2.31. The average molecular weight is 277 g/mol. The molecule has 0 atom stereocenters. The summed E-state index contributed by atoms with van der Waals surface area (Å²) < 4.78 is 30.7. The van der Waals surface area contributed by atoms with E-state index >= 15 is 0 Å². The fraction of sp³-hybridized carbons (Fsp3) is 0.333. The molecule has 1 heterocycles. The molecule has 0 radical (unpaired) electrons. The number of nitriles is 2. The third kappa shape index (κ3) is 2.59. The normalized spacial score (nSPS) is 13.8. The first-order chi connectivity index (χ1) is 9.09. The first kappa shape index (κ1) is 13.5. The Hall–Kier alpha value is -1.93. The molecule has 1 aliphatic heterocycles. The number of hydrogen-bond donors (Lipinski definition) is 0. The van der Waals surface area contributed by atoms with E-state index < -0.39 is 10.0 Å². The summed E-state index contributed by atoms with van der Waals surface area (Å²) in [6.45, 7) is 0.178. The minimum absolute atomic E-state index is 0.0854. The molecule has 0 N–H and O–H groups in total. The predicted molar refractivity (Wildman–Crippen MR) is 64.9 cm³/mol. The highest BCUT2D eigenvalue weighted by Crippen LogP contribution is 2.24. The quantitative estimate of drug-likeness (QED) is 0.757. The van der Waals surface area contributed by atoms with E-state index in [9.17, 15) is 8.42 Å². The van der Waals surface area contributed by atoms with Crippen LogP contribution in [0.4, 0.5) is 0 Å². The molecule has 2 rings (SSSR count). The van der Waals surface area contributed by atoms with Gasteiger partial charge in [0.05, 0.1) is 30.2 Å². The molecule has 0 saturated carbocycles. The molecule has 0 fully saturated rings. The van der Waals surface area contributed by atoms with Gasteiger partial charge in [-0.1, -0.05) is 6.07 Å². The van der Waals surface area contributed by atoms with E-state index in [0.29, 0.717) is 13.2 Å². The summed E-state index contributed by atoms with van der Waals surface area (Å²) >= 11 is 0. The molecule has 0 saturated heterocycles. The van der Waals surface area contributed by atoms with Crippen LogP contribution in [0.1, 0.15) is 11.1 Å². The van der Waals surface area contributed by atoms with Crippen molar-refractivity contribution in [2.24, 2.45) is 0 Å². The lowest BCUT2D eigenvalue weighted by molar-refractivity contribution is 0.134. The first-order valence-corrected chi connectivity index (χ1v) is 6.97. The van der Waals surface area contributed by atoms with Crippen LogP contribution in [0.5, 0.6) is 0 Å². The highest BCUT2D eigenvalue weighted by molar-refractivity contribution is 7.89. The zero-order valence-electron chi connectivity index (χ0n) is 10.0. The third-order valence-corrected chi connectivity index (χ3v) is 4.61. The van der Waals surface area contributed by atoms with Gasteiger partial charge in [-0.05, 0) is 23.3 Å². The Labute approximate surface area is 111 Å². The molecule has 1 aromatic rings. The Balaban J connectivity index is 2.39. The van der Waals surface area contributed by atoms with E-state index in [4.69, 9.17) is 15.3 Å². The summed E-state index contributed by atoms with van der Waals surface area (Å²) in [5.74, 6) is 0. The molecule has 7 heteroatoms. The fourth-order valence-corrected chi connectivity index (χ4v) is 3.13. The topological polar surface area (TPSA) is 94.2 Å². The van der Waals surface area contributed by atoms with Gasteiger partial charge in [0.1, 0.15) is 13.1 Å². The molecule has 1 aromatic carbocycles. The van der Waals surface area contributed by atoms with Gasteiger partial charge in [0, 0.05) is 0 Å². The van der Waals surface area contributed by atoms with E-state index in [1.807, 2.05) is 0 Å². The lowest BCUT2D eigenvalue weighted by atomic mass is 10.1. The maximum atomic E-state index is 12.3. The van der Waals surface area contributed by atoms with Gasteiger partial charge in [0.2, 0.25) is 10.0 Å². The number of fused-ring (bicyclic) bond motifs is 1. The molecular weight excluding hydrogens is 266 g/mol. The van der Waals surface area contributed by atoms with Gasteiger partial charge in [0.25, 0.3) is 0 Å². The van der Waals surface area contributed by atoms with Crippen molar-refractivity contribution in [3.05, 3.63) is 29.3 Å². The van der Waals surface area contributed by atoms with Gasteiger partial charge in [-0.15, -0.1) is 0 Å². The van der Waals surface area contributed by atoms with Crippen LogP contribution >= 0.6 is 0 Å². The van der Waals surface area contributed by atoms with Gasteiger partial charge in [-0.25, -0.2) is 8.42 Å². The SMILES string of the molecule is N#CCN(CC#N)S(=O)(=O)c1ccc2c(c1)COC2. The van der Waals surface area contributed by atoms with Crippen molar-refractivity contribution in [1.29, 1.82) is 10.5 Å². The summed E-state index contributed by atoms with van der Waals surface area (Å²) in [6, 6.07) is 8.22. The van der Waals surface area contributed by atoms with Gasteiger partial charge in [-0.3, -0.25) is 0 Å². The largest absolute Gasteiger partial charge is 0.372 e. The monoisotopic (exact) mass is 277 g/mol. The molecule has 0 spiro atoms. The van der Waals surface area contributed by atoms with E-state index in [2.05, 4.69) is 0 Å². The Morgan fingerprint density at radius 1 is 1.16 bits per heavy atom. The van der Waals surface area contributed by atoms with Crippen molar-refractivity contribution in [3.63, 3.8) is 0 Å². The molecule has 1 aliphatic rings. The molecule has 19 heavy (non-hydrogen) atoms. The highest BCUT2D eigenvalue weighted by atomic mass is 32.2. The van der Waals surface area contributed by atoms with E-state index in [1.165, 1.54) is 6.07 Å². The molecule has 0 aromatic heterocycles. The van der Waals surface area contributed by atoms with Crippen molar-refractivity contribution < 1.29 is 13.2 Å². The molecule has 0 aliphatic carbocycles. The standard InChI is InChI=1S/C12H11N3O3S/c13-3-5-15(6-4-14)19(16,17)12-2-1-10-8-18-9-11(10)7-12/h1-2,7H,5-6,8-9H2. The molecule has 0 bridgehead atoms. The van der Waals surface area contributed by atoms with Gasteiger partial charge < -0.3 is 4.74 Å². The van der Waals surface area contributed by atoms with Crippen molar-refractivity contribution in [2.45, 2.75) is 18.1 Å². The van der Waals surface area contributed by atoms with Crippen molar-refractivity contribution in [1.82, 2.24) is 4.31 Å². The van der Waals surface area contributed by atoms with Crippen molar-refractivity contribution >= 4 is 10.0 Å². The lowest BCUT2D eigenvalue weighted by Gasteiger charge is -2.16. The van der Waals surface area contributed by atoms with Crippen LogP contribution in [0.15, 0.2) is 23.1 Å². The first-order valence-electron chi connectivity index (χ1n) is 5.53. The van der Waals surface area contributed by atoms with Crippen LogP contribution in [0, 0.1) is 22.7 Å². The van der Waals surface area contributed by atoms with E-state index in [0.717, 1.165) is 15.4 Å². The fourth-order valence-electron chi connectivity index (χ4n) is 1.84. The van der Waals surface area contributed by atoms with E-state index in [-0.39, 0.29) is 18.0 Å². The molecule has 6 nitrogen and oxygen atoms in total. The summed E-state index contributed by atoms with van der Waals surface area (Å²) in [5.41, 5.74) is 1.79. The zero-order valence-corrected chi connectivity index (χ0v) is 10.9. The third-order valence-electron chi connectivity index (χ3n) is 2.82. The van der Waals surface area contributed by atoms with Gasteiger partial charge in [-0.2, -0.15) is 14.8 Å². The number of nitrogens with zero attached hydrogens (tertiary/aromatic N) is 3. The predicted octanol–water partition coefficient (Wildman–Crippen LogP) is 0.755. The minimum atomic E-state index is -3.81. The molecule has 0 unspecified atom stereocenters. The van der Waals surface area contributed by atoms with Crippen LogP contribution in [-0.2, 0) is 28.0 Å². The van der Waals surface area contributed by atoms with Gasteiger partial charge in [0.15, 0.2) is 0 Å². The summed E-state index contributed by atoms with van der Waals surface area (Å²) in [6.07, 6.45) is 0. The minimum Gasteiger partial charge on any atom is -0.372 e. The number of hydrogen-bond acceptors (Lipinski definition) is 5. The van der Waals surface area contributed by atoms with Gasteiger partial charge >= 0.3 is 0 Å². The Morgan fingerprint density at radius 2 is 1.79 bits per heavy atom. The average Bonchev–Trinajstić information content (AvgIpc) is 2.85. The van der Waals surface area contributed by atoms with Crippen LogP contribution in [0.2, 0.25) is 0 Å². The summed E-state index contributed by atoms with van der Waals surface area (Å²) in [7, 11) is -3.81. The molecular formula is C12H11N3O3S. The second kappa shape index (κ2) is 5.37. The number of ether oxygens (including phenoxy) is 1. The Morgan fingerprint density at radius 3 is 2.42 bits per heavy atom. The maximum Gasteiger partial charge on any atom is 0.244 e. The molecule has 98 valence electrons. The van der Waals surface area contributed by atoms with Crippen LogP contribution in [-0.4, -0.2) is 25.8 Å². The second-order valence-electron chi connectivity index (χ2n) is 4.01. The zero-order chi connectivity index (χ0) is 13.9. The number of benzene rings is 1.